The molecule has 0 aliphatic carbocycles. The minimum Gasteiger partial charge on any atom is -0.481 e. The Balaban J connectivity index is 1.62. The summed E-state index contributed by atoms with van der Waals surface area (Å²) in [6, 6.07) is 13.8. The van der Waals surface area contributed by atoms with E-state index in [0.717, 1.165) is 5.56 Å². The number of carbonyl (C=O) groups excluding carboxylic acids is 1. The van der Waals surface area contributed by atoms with Crippen molar-refractivity contribution in [3.8, 4) is 11.5 Å². The number of carbonyl (C=O) groups is 2. The highest BCUT2D eigenvalue weighted by molar-refractivity contribution is 5.78. The van der Waals surface area contributed by atoms with Gasteiger partial charge in [0, 0.05) is 19.0 Å². The van der Waals surface area contributed by atoms with E-state index in [1.54, 1.807) is 49.5 Å². The molecule has 0 fully saturated rings. The van der Waals surface area contributed by atoms with Crippen LogP contribution in [0.25, 0.3) is 11.5 Å². The van der Waals surface area contributed by atoms with Crippen molar-refractivity contribution in [2.45, 2.75) is 25.8 Å². The Kier molecular flexibility index (Phi) is 6.11. The molecule has 0 bridgehead atoms. The Hall–Kier alpha value is -3.55. The van der Waals surface area contributed by atoms with Crippen LogP contribution in [-0.4, -0.2) is 32.1 Å². The molecule has 0 aliphatic rings. The number of nitrogens with zero attached hydrogens (tertiary/aromatic N) is 3. The van der Waals surface area contributed by atoms with Crippen molar-refractivity contribution >= 4 is 11.9 Å². The third kappa shape index (κ3) is 4.79. The van der Waals surface area contributed by atoms with Gasteiger partial charge in [-0.1, -0.05) is 41.6 Å². The summed E-state index contributed by atoms with van der Waals surface area (Å²) in [5.74, 6) is -1.37. The Morgan fingerprint density at radius 2 is 1.89 bits per heavy atom. The molecule has 144 valence electrons. The summed E-state index contributed by atoms with van der Waals surface area (Å²) < 4.78 is 5.17. The van der Waals surface area contributed by atoms with Crippen molar-refractivity contribution in [2.24, 2.45) is 5.92 Å². The number of aryl methyl sites for hydroxylation is 1. The third-order valence-corrected chi connectivity index (χ3v) is 4.29. The van der Waals surface area contributed by atoms with Gasteiger partial charge >= 0.3 is 5.97 Å². The number of nitrogens with one attached hydrogen (secondary N) is 1. The van der Waals surface area contributed by atoms with Gasteiger partial charge in [0.2, 0.25) is 17.6 Å². The van der Waals surface area contributed by atoms with Gasteiger partial charge in [0.05, 0.1) is 12.0 Å². The minimum absolute atomic E-state index is 0.0968. The SMILES string of the molecule is CC(C(=O)O)C(NC(=O)CCc1nc(-c2ccccn2)no1)c1ccccc1. The first-order chi connectivity index (χ1) is 13.5. The van der Waals surface area contributed by atoms with Gasteiger partial charge in [-0.15, -0.1) is 0 Å². The molecule has 0 aliphatic heterocycles. The van der Waals surface area contributed by atoms with E-state index in [9.17, 15) is 14.7 Å². The van der Waals surface area contributed by atoms with Crippen molar-refractivity contribution in [3.63, 3.8) is 0 Å². The number of hydrogen-bond acceptors (Lipinski definition) is 6. The number of amides is 1. The lowest BCUT2D eigenvalue weighted by molar-refractivity contribution is -0.142. The maximum absolute atomic E-state index is 12.4. The Morgan fingerprint density at radius 3 is 2.57 bits per heavy atom. The van der Waals surface area contributed by atoms with Crippen molar-refractivity contribution < 1.29 is 19.2 Å². The number of benzene rings is 1. The summed E-state index contributed by atoms with van der Waals surface area (Å²) in [6.45, 7) is 1.57. The Labute approximate surface area is 161 Å². The molecule has 8 heteroatoms. The van der Waals surface area contributed by atoms with E-state index >= 15 is 0 Å². The van der Waals surface area contributed by atoms with Gasteiger partial charge in [-0.3, -0.25) is 14.6 Å². The van der Waals surface area contributed by atoms with Gasteiger partial charge in [0.15, 0.2) is 0 Å². The fraction of sp³-hybridized carbons (Fsp3) is 0.250. The normalized spacial score (nSPS) is 12.9. The predicted octanol–water partition coefficient (Wildman–Crippen LogP) is 2.64. The highest BCUT2D eigenvalue weighted by atomic mass is 16.5. The van der Waals surface area contributed by atoms with Gasteiger partial charge in [0.25, 0.3) is 0 Å². The molecule has 3 rings (SSSR count). The average Bonchev–Trinajstić information content (AvgIpc) is 3.20. The second-order valence-corrected chi connectivity index (χ2v) is 6.31. The molecule has 8 nitrogen and oxygen atoms in total. The Morgan fingerprint density at radius 1 is 1.14 bits per heavy atom. The topological polar surface area (TPSA) is 118 Å². The Bertz CT molecular complexity index is 928. The molecule has 3 aromatic rings. The highest BCUT2D eigenvalue weighted by Crippen LogP contribution is 2.22. The molecule has 1 amide bonds. The molecule has 1 aromatic carbocycles. The number of hydrogen-bond donors (Lipinski definition) is 2. The average molecular weight is 380 g/mol. The smallest absolute Gasteiger partial charge is 0.308 e. The summed E-state index contributed by atoms with van der Waals surface area (Å²) in [7, 11) is 0. The molecule has 2 unspecified atom stereocenters. The number of aromatic nitrogens is 3. The molecular weight excluding hydrogens is 360 g/mol. The van der Waals surface area contributed by atoms with Crippen molar-refractivity contribution in [1.29, 1.82) is 0 Å². The van der Waals surface area contributed by atoms with Gasteiger partial charge in [-0.05, 0) is 24.6 Å². The third-order valence-electron chi connectivity index (χ3n) is 4.29. The van der Waals surface area contributed by atoms with Gasteiger partial charge < -0.3 is 14.9 Å². The van der Waals surface area contributed by atoms with Crippen LogP contribution in [0.5, 0.6) is 0 Å². The van der Waals surface area contributed by atoms with Crippen LogP contribution in [0.1, 0.15) is 30.8 Å². The molecule has 0 saturated carbocycles. The zero-order valence-electron chi connectivity index (χ0n) is 15.3. The van der Waals surface area contributed by atoms with Crippen molar-refractivity contribution in [2.75, 3.05) is 0 Å². The van der Waals surface area contributed by atoms with Crippen LogP contribution in [0, 0.1) is 5.92 Å². The molecule has 2 aromatic heterocycles. The van der Waals surface area contributed by atoms with E-state index in [-0.39, 0.29) is 18.7 Å². The molecule has 0 spiro atoms. The van der Waals surface area contributed by atoms with E-state index in [1.807, 2.05) is 12.1 Å². The molecule has 2 N–H and O–H groups in total. The first-order valence-electron chi connectivity index (χ1n) is 8.85. The van der Waals surface area contributed by atoms with Crippen molar-refractivity contribution in [1.82, 2.24) is 20.4 Å². The lowest BCUT2D eigenvalue weighted by Crippen LogP contribution is -2.35. The number of aliphatic carboxylic acids is 1. The van der Waals surface area contributed by atoms with E-state index in [0.29, 0.717) is 17.4 Å². The zero-order chi connectivity index (χ0) is 19.9. The molecular formula is C20H20N4O4. The number of rotatable bonds is 8. The predicted molar refractivity (Wildman–Crippen MR) is 100.0 cm³/mol. The van der Waals surface area contributed by atoms with Crippen LogP contribution in [-0.2, 0) is 16.0 Å². The van der Waals surface area contributed by atoms with Crippen LogP contribution in [0.15, 0.2) is 59.3 Å². The van der Waals surface area contributed by atoms with Crippen LogP contribution in [0.4, 0.5) is 0 Å². The van der Waals surface area contributed by atoms with E-state index < -0.39 is 17.9 Å². The summed E-state index contributed by atoms with van der Waals surface area (Å²) in [4.78, 5) is 32.2. The molecule has 0 saturated heterocycles. The maximum atomic E-state index is 12.4. The van der Waals surface area contributed by atoms with E-state index in [1.165, 1.54) is 0 Å². The molecule has 2 atom stereocenters. The zero-order valence-corrected chi connectivity index (χ0v) is 15.3. The summed E-state index contributed by atoms with van der Waals surface area (Å²) in [5, 5.41) is 16.0. The van der Waals surface area contributed by atoms with Crippen molar-refractivity contribution in [3.05, 3.63) is 66.2 Å². The molecule has 2 heterocycles. The molecule has 0 radical (unpaired) electrons. The summed E-state index contributed by atoms with van der Waals surface area (Å²) >= 11 is 0. The summed E-state index contributed by atoms with van der Waals surface area (Å²) in [6.07, 6.45) is 1.97. The largest absolute Gasteiger partial charge is 0.481 e. The fourth-order valence-corrected chi connectivity index (χ4v) is 2.72. The van der Waals surface area contributed by atoms with E-state index in [4.69, 9.17) is 4.52 Å². The molecule has 28 heavy (non-hydrogen) atoms. The first-order valence-corrected chi connectivity index (χ1v) is 8.85. The van der Waals surface area contributed by atoms with Gasteiger partial charge in [-0.2, -0.15) is 4.98 Å². The quantitative estimate of drug-likeness (QED) is 0.617. The second kappa shape index (κ2) is 8.90. The summed E-state index contributed by atoms with van der Waals surface area (Å²) in [5.41, 5.74) is 1.32. The number of carboxylic acids is 1. The maximum Gasteiger partial charge on any atom is 0.308 e. The van der Waals surface area contributed by atoms with Crippen LogP contribution in [0.3, 0.4) is 0 Å². The lowest BCUT2D eigenvalue weighted by atomic mass is 9.94. The lowest BCUT2D eigenvalue weighted by Gasteiger charge is -2.22. The van der Waals surface area contributed by atoms with E-state index in [2.05, 4.69) is 20.4 Å². The standard InChI is InChI=1S/C20H20N4O4/c1-13(20(26)27)18(14-7-3-2-4-8-14)22-16(25)10-11-17-23-19(24-28-17)15-9-5-6-12-21-15/h2-9,12-13,18H,10-11H2,1H3,(H,22,25)(H,26,27). The van der Waals surface area contributed by atoms with Gasteiger partial charge in [0.1, 0.15) is 5.69 Å². The fourth-order valence-electron chi connectivity index (χ4n) is 2.72. The number of carboxylic acid groups (broad SMARTS) is 1. The van der Waals surface area contributed by atoms with Crippen LogP contribution in [0.2, 0.25) is 0 Å². The number of pyridine rings is 1. The highest BCUT2D eigenvalue weighted by Gasteiger charge is 2.26. The van der Waals surface area contributed by atoms with Gasteiger partial charge in [-0.25, -0.2) is 0 Å². The first kappa shape index (κ1) is 19.2. The monoisotopic (exact) mass is 380 g/mol. The second-order valence-electron chi connectivity index (χ2n) is 6.31. The van der Waals surface area contributed by atoms with Crippen LogP contribution < -0.4 is 5.32 Å². The minimum atomic E-state index is -0.981. The van der Waals surface area contributed by atoms with Crippen LogP contribution >= 0.6 is 0 Å².